The molecule has 0 amide bonds. The highest BCUT2D eigenvalue weighted by molar-refractivity contribution is 5.71. The molecule has 0 aliphatic heterocycles. The van der Waals surface area contributed by atoms with Gasteiger partial charge in [-0.15, -0.1) is 0 Å². The monoisotopic (exact) mass is 1870 g/mol. The molecule has 0 heterocycles. The van der Waals surface area contributed by atoms with Crippen molar-refractivity contribution in [1.82, 2.24) is 0 Å². The summed E-state index contributed by atoms with van der Waals surface area (Å²) >= 11 is 0. The van der Waals surface area contributed by atoms with E-state index in [2.05, 4.69) is 114 Å². The Bertz CT molecular complexity index is 5230. The summed E-state index contributed by atoms with van der Waals surface area (Å²) in [5, 5.41) is 94.8. The lowest BCUT2D eigenvalue weighted by atomic mass is 9.81. The number of phenolic OH excluding ortho intramolecular Hbond substituents is 10. The Hall–Kier alpha value is -14.1. The Labute approximate surface area is 819 Å². The van der Waals surface area contributed by atoms with Gasteiger partial charge in [0.15, 0.2) is 80.5 Å². The van der Waals surface area contributed by atoms with Crippen molar-refractivity contribution in [3.8, 4) is 97.7 Å². The fraction of sp³-hybridized carbons (Fsp3) is 0.319. The van der Waals surface area contributed by atoms with E-state index < -0.39 is 5.97 Å². The maximum absolute atomic E-state index is 10.6. The third-order valence-electron chi connectivity index (χ3n) is 20.2. The molecule has 0 unspecified atom stereocenters. The summed E-state index contributed by atoms with van der Waals surface area (Å²) in [6, 6.07) is 52.6. The van der Waals surface area contributed by atoms with E-state index in [0.29, 0.717) is 71.6 Å². The molecular formula is C119H156O18. The Morgan fingerprint density at radius 2 is 0.577 bits per heavy atom. The molecule has 0 radical (unpaired) electrons. The van der Waals surface area contributed by atoms with Crippen molar-refractivity contribution in [1.29, 1.82) is 0 Å². The van der Waals surface area contributed by atoms with Crippen molar-refractivity contribution in [3.63, 3.8) is 0 Å². The molecule has 0 fully saturated rings. The molecule has 18 nitrogen and oxygen atoms in total. The van der Waals surface area contributed by atoms with Crippen molar-refractivity contribution >= 4 is 66.7 Å². The normalized spacial score (nSPS) is 10.1. The van der Waals surface area contributed by atoms with Crippen LogP contribution in [-0.2, 0) is 23.1 Å². The second-order valence-corrected chi connectivity index (χ2v) is 33.3. The molecule has 0 saturated carbocycles. The summed E-state index contributed by atoms with van der Waals surface area (Å²) < 4.78 is 36.8. The number of hydrogen-bond donors (Lipinski definition) is 10. The minimum Gasteiger partial charge on any atom is -0.508 e. The third-order valence-corrected chi connectivity index (χ3v) is 20.2. The van der Waals surface area contributed by atoms with E-state index in [1.807, 2.05) is 102 Å². The van der Waals surface area contributed by atoms with Crippen LogP contribution in [0.15, 0.2) is 248 Å². The van der Waals surface area contributed by atoms with Gasteiger partial charge in [0.25, 0.3) is 0 Å². The van der Waals surface area contributed by atoms with Crippen molar-refractivity contribution in [3.05, 3.63) is 320 Å². The van der Waals surface area contributed by atoms with Crippen LogP contribution in [0.3, 0.4) is 0 Å². The number of rotatable bonds is 39. The second kappa shape index (κ2) is 68.8. The highest BCUT2D eigenvalue weighted by Gasteiger charge is 2.22. The number of aromatic hydroxyl groups is 10. The van der Waals surface area contributed by atoms with E-state index in [9.17, 15) is 55.9 Å². The molecule has 0 bridgehead atoms. The number of carbonyl (C=O) groups is 1. The summed E-state index contributed by atoms with van der Waals surface area (Å²) in [4.78, 5) is 10.6. The minimum absolute atomic E-state index is 0.0170. The first-order valence-electron chi connectivity index (χ1n) is 46.8. The standard InChI is InChI=1S/C14H20O2.C14H20O.C13H18O2.2C13H18O.C12H16O2.C11H14O2.C10H10O3.C10H12O2.C9H10O2/c1-3-5-6-7-10-16-14-11-12(4-2)8-9-13(14)15;1-3-5-6-7-8-13-11-12(4-2)9-10-14(13)15;1-3-5-6-9-15-13-10-11(4-2)7-8-12(13)14;1-5-10-7-8-12(14)11(9-10)13(3,4)6-2;1-3-5-6-7-12-10-11(4-2)8-9-13(12)14;1-5-9-6-7-10(13)11(8-9)14-12(2,3)4;1-4-9-5-6-10(12)11(7-9)13-8(2)3;1-3-8-4-5-9(12)10(6-8)13-7(2)11;1-3-8-5-6-9(11)10(7-8)12-4-2;1-3-7-4-5-8(10)9(6-7)11-2/h4,8-9,11,15H,2-3,5-7,10H2,1H3;4,9-11,15H,2-3,5-8H2,1H3;4,7-8,10,14H,2-3,5-6,9H2,1H3;5,7-9,14H,1,6H2,2-4H3;4,8-10,14H,2-3,5-7H2,1H3;5-8,13H,1H2,2-4H3;4-8,12H,1H2,2-3H3;3-6,12H,1H2,2H3;3,5-7,11H,1,4H2,2H3;3-6,10H,1H2,2H3. The van der Waals surface area contributed by atoms with Crippen molar-refractivity contribution in [2.75, 3.05) is 26.9 Å². The van der Waals surface area contributed by atoms with Gasteiger partial charge in [-0.1, -0.05) is 300 Å². The van der Waals surface area contributed by atoms with Crippen LogP contribution in [0, 0.1) is 0 Å². The van der Waals surface area contributed by atoms with Gasteiger partial charge in [-0.05, 0) is 280 Å². The summed E-state index contributed by atoms with van der Waals surface area (Å²) in [5.74, 6) is 4.95. The number of esters is 1. The second-order valence-electron chi connectivity index (χ2n) is 33.3. The summed E-state index contributed by atoms with van der Waals surface area (Å²) in [7, 11) is 1.52. The number of phenols is 10. The predicted molar refractivity (Wildman–Crippen MR) is 576 cm³/mol. The average Bonchev–Trinajstić information content (AvgIpc) is 0.816. The van der Waals surface area contributed by atoms with Gasteiger partial charge in [0.05, 0.1) is 33.0 Å². The van der Waals surface area contributed by atoms with E-state index in [0.717, 1.165) is 124 Å². The van der Waals surface area contributed by atoms with Crippen molar-refractivity contribution in [2.45, 2.75) is 223 Å². The largest absolute Gasteiger partial charge is 0.508 e. The van der Waals surface area contributed by atoms with Crippen molar-refractivity contribution in [2.24, 2.45) is 0 Å². The first kappa shape index (κ1) is 121. The number of unbranched alkanes of at least 4 members (excludes halogenated alkanes) is 10. The van der Waals surface area contributed by atoms with Crippen LogP contribution >= 0.6 is 0 Å². The average molecular weight is 1870 g/mol. The number of aryl methyl sites for hydroxylation is 2. The molecule has 10 rings (SSSR count). The molecule has 137 heavy (non-hydrogen) atoms. The van der Waals surface area contributed by atoms with E-state index in [4.69, 9.17) is 33.2 Å². The van der Waals surface area contributed by atoms with Gasteiger partial charge in [-0.3, -0.25) is 4.79 Å². The summed E-state index contributed by atoms with van der Waals surface area (Å²) in [6.07, 6.45) is 36.8. The zero-order valence-corrected chi connectivity index (χ0v) is 84.1. The molecule has 0 aromatic heterocycles. The molecule has 0 spiro atoms. The first-order chi connectivity index (χ1) is 65.3. The van der Waals surface area contributed by atoms with Crippen LogP contribution in [0.25, 0.3) is 60.8 Å². The molecule has 0 saturated heterocycles. The lowest BCUT2D eigenvalue weighted by Crippen LogP contribution is -2.23. The molecule has 10 aromatic rings. The van der Waals surface area contributed by atoms with E-state index in [-0.39, 0.29) is 63.1 Å². The smallest absolute Gasteiger partial charge is 0.308 e. The topological polar surface area (TPSA) is 284 Å². The quantitative estimate of drug-likeness (QED) is 0.00973. The number of methoxy groups -OCH3 is 1. The molecular weight excluding hydrogens is 1720 g/mol. The highest BCUT2D eigenvalue weighted by atomic mass is 16.5. The Balaban J connectivity index is 0.000000762. The van der Waals surface area contributed by atoms with Gasteiger partial charge in [0.1, 0.15) is 22.8 Å². The molecule has 10 N–H and O–H groups in total. The van der Waals surface area contributed by atoms with Crippen LogP contribution < -0.4 is 33.2 Å². The van der Waals surface area contributed by atoms with Gasteiger partial charge >= 0.3 is 5.97 Å². The third kappa shape index (κ3) is 50.1. The lowest BCUT2D eigenvalue weighted by Gasteiger charge is -2.24. The van der Waals surface area contributed by atoms with Crippen molar-refractivity contribution < 1.29 is 89.0 Å². The predicted octanol–water partition coefficient (Wildman–Crippen LogP) is 31.7. The van der Waals surface area contributed by atoms with Gasteiger partial charge < -0.3 is 84.2 Å². The number of benzene rings is 10. The zero-order chi connectivity index (χ0) is 103. The van der Waals surface area contributed by atoms with Gasteiger partial charge in [-0.2, -0.15) is 0 Å². The van der Waals surface area contributed by atoms with Gasteiger partial charge in [0, 0.05) is 12.5 Å². The Morgan fingerprint density at radius 3 is 0.912 bits per heavy atom. The SMILES string of the molecule is C=Cc1ccc(O)c(C(C)(C)CC)c1.C=Cc1ccc(O)c(CCCCC)c1.C=Cc1ccc(O)c(CCCCCC)c1.C=Cc1ccc(O)c(OC(C)(C)C)c1.C=Cc1ccc(O)c(OC(C)=O)c1.C=Cc1ccc(O)c(OC(C)C)c1.C=Cc1ccc(O)c(OC)c1.C=Cc1ccc(O)c(OCC)c1.C=Cc1ccc(O)c(OCCCCC)c1.C=Cc1ccc(O)c(OCCCCCC)c1. The molecule has 10 aromatic carbocycles. The lowest BCUT2D eigenvalue weighted by molar-refractivity contribution is -0.132. The molecule has 0 aliphatic rings. The van der Waals surface area contributed by atoms with Gasteiger partial charge in [0.2, 0.25) is 0 Å². The Morgan fingerprint density at radius 1 is 0.314 bits per heavy atom. The number of carbonyl (C=O) groups excluding carboxylic acids is 1. The number of ether oxygens (including phenoxy) is 7. The van der Waals surface area contributed by atoms with E-state index in [1.165, 1.54) is 77.9 Å². The molecule has 0 atom stereocenters. The Kier molecular flexibility index (Phi) is 60.7. The fourth-order valence-corrected chi connectivity index (χ4v) is 12.1. The zero-order valence-electron chi connectivity index (χ0n) is 84.1. The highest BCUT2D eigenvalue weighted by Crippen LogP contribution is 2.37. The van der Waals surface area contributed by atoms with E-state index >= 15 is 0 Å². The van der Waals surface area contributed by atoms with Crippen LogP contribution in [0.2, 0.25) is 0 Å². The minimum atomic E-state index is -0.462. The van der Waals surface area contributed by atoms with Crippen LogP contribution in [-0.4, -0.2) is 95.7 Å². The van der Waals surface area contributed by atoms with Crippen LogP contribution in [0.1, 0.15) is 266 Å². The molecule has 740 valence electrons. The van der Waals surface area contributed by atoms with Crippen LogP contribution in [0.4, 0.5) is 0 Å². The molecule has 0 aliphatic carbocycles. The molecule has 18 heteroatoms. The van der Waals surface area contributed by atoms with E-state index in [1.54, 1.807) is 176 Å². The first-order valence-corrected chi connectivity index (χ1v) is 46.8. The fourth-order valence-electron chi connectivity index (χ4n) is 12.1. The summed E-state index contributed by atoms with van der Waals surface area (Å²) in [5.41, 5.74) is 12.4. The maximum atomic E-state index is 10.6. The maximum Gasteiger partial charge on any atom is 0.308 e. The van der Waals surface area contributed by atoms with Crippen LogP contribution in [0.5, 0.6) is 97.7 Å². The summed E-state index contributed by atoms with van der Waals surface area (Å²) in [6.45, 7) is 66.4. The van der Waals surface area contributed by atoms with Gasteiger partial charge in [-0.25, -0.2) is 0 Å². The number of hydrogen-bond acceptors (Lipinski definition) is 18.